The molecule has 1 aliphatic rings. The van der Waals surface area contributed by atoms with Gasteiger partial charge < -0.3 is 9.88 Å². The smallest absolute Gasteiger partial charge is 0.339 e. The molecule has 182 valence electrons. The number of halogens is 5. The van der Waals surface area contributed by atoms with E-state index in [-0.39, 0.29) is 29.7 Å². The zero-order valence-electron chi connectivity index (χ0n) is 17.9. The lowest BCUT2D eigenvalue weighted by molar-refractivity contribution is -0.137. The topological polar surface area (TPSA) is 67.2 Å². The van der Waals surface area contributed by atoms with Crippen molar-refractivity contribution in [2.45, 2.75) is 29.7 Å². The minimum absolute atomic E-state index is 0.0122. The van der Waals surface area contributed by atoms with Crippen molar-refractivity contribution in [3.05, 3.63) is 82.5 Å². The molecule has 0 bridgehead atoms. The number of alkyl halides is 3. The maximum absolute atomic E-state index is 14.6. The van der Waals surface area contributed by atoms with Crippen LogP contribution in [-0.4, -0.2) is 41.4 Å². The summed E-state index contributed by atoms with van der Waals surface area (Å²) in [5, 5.41) is 2.98. The zero-order valence-corrected chi connectivity index (χ0v) is 19.5. The number of imidazole rings is 1. The summed E-state index contributed by atoms with van der Waals surface area (Å²) in [5.74, 6) is -1.00. The Hall–Kier alpha value is -2.47. The minimum atomic E-state index is -4.52. The van der Waals surface area contributed by atoms with E-state index >= 15 is 0 Å². The van der Waals surface area contributed by atoms with Crippen LogP contribution in [0.4, 0.5) is 17.6 Å². The molecule has 0 saturated carbocycles. The second-order valence-corrected chi connectivity index (χ2v) is 10.4. The molecule has 4 rings (SSSR count). The Morgan fingerprint density at radius 2 is 1.91 bits per heavy atom. The van der Waals surface area contributed by atoms with E-state index in [1.165, 1.54) is 33.5 Å². The molecule has 1 aromatic heterocycles. The molecule has 2 heterocycles. The summed E-state index contributed by atoms with van der Waals surface area (Å²) in [6.45, 7) is 0.110. The molecule has 6 nitrogen and oxygen atoms in total. The second-order valence-electron chi connectivity index (χ2n) is 8.12. The van der Waals surface area contributed by atoms with Gasteiger partial charge >= 0.3 is 6.18 Å². The molecule has 0 aliphatic carbocycles. The van der Waals surface area contributed by atoms with Crippen LogP contribution in [0.2, 0.25) is 5.02 Å². The van der Waals surface area contributed by atoms with Gasteiger partial charge in [0.1, 0.15) is 5.82 Å². The maximum atomic E-state index is 14.6. The Bertz CT molecular complexity index is 1300. The van der Waals surface area contributed by atoms with Crippen LogP contribution in [0.1, 0.15) is 22.6 Å². The minimum Gasteiger partial charge on any atom is -0.339 e. The molecular formula is C22H21ClF4N4O2S. The molecular weight excluding hydrogens is 496 g/mol. The maximum Gasteiger partial charge on any atom is 0.416 e. The number of aromatic nitrogens is 2. The van der Waals surface area contributed by atoms with Crippen molar-refractivity contribution in [2.75, 3.05) is 13.1 Å². The van der Waals surface area contributed by atoms with Gasteiger partial charge in [0.05, 0.1) is 11.9 Å². The monoisotopic (exact) mass is 516 g/mol. The van der Waals surface area contributed by atoms with Crippen LogP contribution in [0.25, 0.3) is 0 Å². The summed E-state index contributed by atoms with van der Waals surface area (Å²) >= 11 is 6.07. The predicted octanol–water partition coefficient (Wildman–Crippen LogP) is 4.18. The van der Waals surface area contributed by atoms with Crippen LogP contribution < -0.4 is 5.32 Å². The highest BCUT2D eigenvalue weighted by atomic mass is 35.5. The standard InChI is InChI=1S/C22H21ClF4N4O2S/c1-30-12-21(29-13-30)34(32,33)31-10-17(16-4-2-3-5-19(16)24)20(11-31)28-9-14-6-7-15(8-18(14)23)22(25,26)27/h2-8,12-13,17,20,28H,9-11H2,1H3/t17-,20+/m1/s1. The van der Waals surface area contributed by atoms with Gasteiger partial charge in [0.25, 0.3) is 10.0 Å². The van der Waals surface area contributed by atoms with Crippen LogP contribution in [0.5, 0.6) is 0 Å². The molecule has 0 radical (unpaired) electrons. The highest BCUT2D eigenvalue weighted by Crippen LogP contribution is 2.34. The van der Waals surface area contributed by atoms with Gasteiger partial charge in [-0.1, -0.05) is 35.9 Å². The lowest BCUT2D eigenvalue weighted by Gasteiger charge is -2.21. The summed E-state index contributed by atoms with van der Waals surface area (Å²) in [7, 11) is -2.28. The van der Waals surface area contributed by atoms with Crippen LogP contribution in [-0.2, 0) is 29.8 Å². The Morgan fingerprint density at radius 1 is 1.18 bits per heavy atom. The number of sulfonamides is 1. The fourth-order valence-electron chi connectivity index (χ4n) is 4.02. The van der Waals surface area contributed by atoms with E-state index in [4.69, 9.17) is 11.6 Å². The van der Waals surface area contributed by atoms with E-state index in [9.17, 15) is 26.0 Å². The molecule has 34 heavy (non-hydrogen) atoms. The summed E-state index contributed by atoms with van der Waals surface area (Å²) in [4.78, 5) is 3.94. The number of hydrogen-bond donors (Lipinski definition) is 1. The van der Waals surface area contributed by atoms with Crippen molar-refractivity contribution < 1.29 is 26.0 Å². The summed E-state index contributed by atoms with van der Waals surface area (Å²) < 4.78 is 82.4. The second kappa shape index (κ2) is 9.29. The van der Waals surface area contributed by atoms with Crippen molar-refractivity contribution in [3.63, 3.8) is 0 Å². The van der Waals surface area contributed by atoms with Crippen LogP contribution in [0, 0.1) is 5.82 Å². The summed E-state index contributed by atoms with van der Waals surface area (Å²) in [5.41, 5.74) is -0.107. The third-order valence-corrected chi connectivity index (χ3v) is 7.88. The highest BCUT2D eigenvalue weighted by Gasteiger charge is 2.41. The van der Waals surface area contributed by atoms with Gasteiger partial charge in [0.15, 0.2) is 5.03 Å². The van der Waals surface area contributed by atoms with E-state index < -0.39 is 39.5 Å². The van der Waals surface area contributed by atoms with Gasteiger partial charge in [-0.15, -0.1) is 0 Å². The molecule has 1 aliphatic heterocycles. The van der Waals surface area contributed by atoms with Gasteiger partial charge in [-0.25, -0.2) is 17.8 Å². The molecule has 1 N–H and O–H groups in total. The quantitative estimate of drug-likeness (QED) is 0.499. The van der Waals surface area contributed by atoms with E-state index in [1.54, 1.807) is 25.2 Å². The molecule has 12 heteroatoms. The van der Waals surface area contributed by atoms with Gasteiger partial charge in [-0.05, 0) is 29.3 Å². The first kappa shape index (κ1) is 24.6. The summed E-state index contributed by atoms with van der Waals surface area (Å²) in [6, 6.07) is 8.63. The average Bonchev–Trinajstić information content (AvgIpc) is 3.40. The molecule has 0 amide bonds. The van der Waals surface area contributed by atoms with Crippen LogP contribution in [0.15, 0.2) is 60.0 Å². The highest BCUT2D eigenvalue weighted by molar-refractivity contribution is 7.89. The van der Waals surface area contributed by atoms with Crippen molar-refractivity contribution in [1.82, 2.24) is 19.2 Å². The normalized spacial score (nSPS) is 19.6. The number of nitrogens with zero attached hydrogens (tertiary/aromatic N) is 3. The van der Waals surface area contributed by atoms with Gasteiger partial charge in [0.2, 0.25) is 0 Å². The van der Waals surface area contributed by atoms with Crippen LogP contribution in [0.3, 0.4) is 0 Å². The molecule has 2 atom stereocenters. The van der Waals surface area contributed by atoms with E-state index in [0.717, 1.165) is 12.1 Å². The van der Waals surface area contributed by atoms with Gasteiger partial charge in [-0.3, -0.25) is 0 Å². The molecule has 0 spiro atoms. The molecule has 1 fully saturated rings. The first-order chi connectivity index (χ1) is 16.0. The fourth-order valence-corrected chi connectivity index (χ4v) is 5.73. The Kier molecular flexibility index (Phi) is 6.74. The average molecular weight is 517 g/mol. The van der Waals surface area contributed by atoms with Crippen LogP contribution >= 0.6 is 11.6 Å². The number of rotatable bonds is 6. The van der Waals surface area contributed by atoms with E-state index in [0.29, 0.717) is 11.1 Å². The van der Waals surface area contributed by atoms with Crippen molar-refractivity contribution in [3.8, 4) is 0 Å². The fraction of sp³-hybridized carbons (Fsp3) is 0.318. The lowest BCUT2D eigenvalue weighted by atomic mass is 9.93. The first-order valence-electron chi connectivity index (χ1n) is 10.3. The molecule has 1 saturated heterocycles. The van der Waals surface area contributed by atoms with E-state index in [1.807, 2.05) is 0 Å². The number of aryl methyl sites for hydroxylation is 1. The molecule has 3 aromatic rings. The zero-order chi connectivity index (χ0) is 24.7. The van der Waals surface area contributed by atoms with Gasteiger partial charge in [-0.2, -0.15) is 17.5 Å². The van der Waals surface area contributed by atoms with Crippen molar-refractivity contribution in [2.24, 2.45) is 7.05 Å². The first-order valence-corrected chi connectivity index (χ1v) is 12.1. The van der Waals surface area contributed by atoms with Crippen molar-refractivity contribution in [1.29, 1.82) is 0 Å². The van der Waals surface area contributed by atoms with Gasteiger partial charge in [0, 0.05) is 49.9 Å². The third-order valence-electron chi connectivity index (χ3n) is 5.81. The predicted molar refractivity (Wildman–Crippen MR) is 118 cm³/mol. The number of benzene rings is 2. The number of nitrogens with one attached hydrogen (secondary N) is 1. The molecule has 2 aromatic carbocycles. The Morgan fingerprint density at radius 3 is 2.53 bits per heavy atom. The third kappa shape index (κ3) is 4.97. The Balaban J connectivity index is 1.59. The molecule has 0 unspecified atom stereocenters. The SMILES string of the molecule is Cn1cnc(S(=O)(=O)N2C[C@H](NCc3ccc(C(F)(F)F)cc3Cl)[C@@H](c3ccccc3F)C2)c1. The largest absolute Gasteiger partial charge is 0.416 e. The Labute approximate surface area is 199 Å². The summed E-state index contributed by atoms with van der Waals surface area (Å²) in [6.07, 6.45) is -1.76. The van der Waals surface area contributed by atoms with E-state index in [2.05, 4.69) is 10.3 Å². The number of hydrogen-bond acceptors (Lipinski definition) is 4. The lowest BCUT2D eigenvalue weighted by Crippen LogP contribution is -2.36. The van der Waals surface area contributed by atoms with Crippen molar-refractivity contribution >= 4 is 21.6 Å².